The number of benzene rings is 2. The number of halogens is 2. The molecule has 0 aliphatic heterocycles. The fourth-order valence-electron chi connectivity index (χ4n) is 2.06. The molecule has 140 valence electrons. The van der Waals surface area contributed by atoms with E-state index in [2.05, 4.69) is 0 Å². The monoisotopic (exact) mass is 385 g/mol. The molecule has 0 aliphatic rings. The van der Waals surface area contributed by atoms with Crippen LogP contribution in [0.25, 0.3) is 0 Å². The fraction of sp³-hybridized carbons (Fsp3) is 0.235. The molecule has 0 aromatic heterocycles. The van der Waals surface area contributed by atoms with Gasteiger partial charge in [0.2, 0.25) is 10.0 Å². The SMILES string of the molecule is COc1ccc(COC(=O)CN(C)S(=O)(=O)c2ccc(F)cc2)cc1F. The highest BCUT2D eigenvalue weighted by Crippen LogP contribution is 2.18. The number of hydrogen-bond acceptors (Lipinski definition) is 5. The molecule has 2 aromatic rings. The lowest BCUT2D eigenvalue weighted by Gasteiger charge is -2.16. The molecule has 0 heterocycles. The van der Waals surface area contributed by atoms with Gasteiger partial charge in [0.25, 0.3) is 0 Å². The van der Waals surface area contributed by atoms with Crippen LogP contribution in [0.5, 0.6) is 5.75 Å². The lowest BCUT2D eigenvalue weighted by molar-refractivity contribution is -0.144. The van der Waals surface area contributed by atoms with Crippen molar-refractivity contribution in [2.24, 2.45) is 0 Å². The van der Waals surface area contributed by atoms with Gasteiger partial charge in [-0.1, -0.05) is 6.07 Å². The first-order valence-corrected chi connectivity index (χ1v) is 8.88. The number of methoxy groups -OCH3 is 1. The Labute approximate surface area is 150 Å². The molecule has 0 aliphatic carbocycles. The average molecular weight is 385 g/mol. The third kappa shape index (κ3) is 4.77. The maximum absolute atomic E-state index is 13.6. The molecular formula is C17H17F2NO5S. The van der Waals surface area contributed by atoms with Crippen LogP contribution in [-0.4, -0.2) is 39.4 Å². The Morgan fingerprint density at radius 1 is 1.12 bits per heavy atom. The fourth-order valence-corrected chi connectivity index (χ4v) is 3.18. The predicted octanol–water partition coefficient (Wildman–Crippen LogP) is 2.34. The summed E-state index contributed by atoms with van der Waals surface area (Å²) in [5.74, 6) is -1.92. The summed E-state index contributed by atoms with van der Waals surface area (Å²) in [6.45, 7) is -0.761. The molecule has 2 aromatic carbocycles. The summed E-state index contributed by atoms with van der Waals surface area (Å²) in [5.41, 5.74) is 0.390. The molecule has 6 nitrogen and oxygen atoms in total. The summed E-state index contributed by atoms with van der Waals surface area (Å²) >= 11 is 0. The summed E-state index contributed by atoms with van der Waals surface area (Å²) in [6, 6.07) is 8.30. The number of esters is 1. The zero-order valence-electron chi connectivity index (χ0n) is 14.1. The van der Waals surface area contributed by atoms with Crippen molar-refractivity contribution in [2.45, 2.75) is 11.5 Å². The van der Waals surface area contributed by atoms with Gasteiger partial charge < -0.3 is 9.47 Å². The number of hydrogen-bond donors (Lipinski definition) is 0. The molecule has 0 atom stereocenters. The first-order chi connectivity index (χ1) is 12.2. The van der Waals surface area contributed by atoms with E-state index in [4.69, 9.17) is 9.47 Å². The van der Waals surface area contributed by atoms with Crippen LogP contribution >= 0.6 is 0 Å². The van der Waals surface area contributed by atoms with E-state index >= 15 is 0 Å². The van der Waals surface area contributed by atoms with Crippen LogP contribution in [0.15, 0.2) is 47.4 Å². The largest absolute Gasteiger partial charge is 0.494 e. The molecule has 0 unspecified atom stereocenters. The van der Waals surface area contributed by atoms with Crippen LogP contribution in [-0.2, 0) is 26.2 Å². The van der Waals surface area contributed by atoms with Crippen LogP contribution in [0.2, 0.25) is 0 Å². The Balaban J connectivity index is 1.96. The Morgan fingerprint density at radius 3 is 2.35 bits per heavy atom. The molecule has 0 amide bonds. The highest BCUT2D eigenvalue weighted by atomic mass is 32.2. The Kier molecular flexibility index (Phi) is 6.27. The van der Waals surface area contributed by atoms with Crippen molar-refractivity contribution >= 4 is 16.0 Å². The Bertz CT molecular complexity index is 885. The molecule has 0 fully saturated rings. The molecular weight excluding hydrogens is 368 g/mol. The molecule has 0 radical (unpaired) electrons. The van der Waals surface area contributed by atoms with Crippen molar-refractivity contribution in [2.75, 3.05) is 20.7 Å². The third-order valence-electron chi connectivity index (χ3n) is 3.49. The number of rotatable bonds is 7. The van der Waals surface area contributed by atoms with Crippen molar-refractivity contribution in [1.82, 2.24) is 4.31 Å². The maximum Gasteiger partial charge on any atom is 0.321 e. The lowest BCUT2D eigenvalue weighted by Crippen LogP contribution is -2.33. The zero-order valence-corrected chi connectivity index (χ0v) is 14.9. The van der Waals surface area contributed by atoms with Crippen LogP contribution in [0.3, 0.4) is 0 Å². The van der Waals surface area contributed by atoms with Gasteiger partial charge in [-0.15, -0.1) is 0 Å². The molecule has 0 bridgehead atoms. The molecule has 0 saturated heterocycles. The van der Waals surface area contributed by atoms with E-state index in [1.165, 1.54) is 26.3 Å². The van der Waals surface area contributed by atoms with Crippen molar-refractivity contribution in [3.05, 3.63) is 59.7 Å². The van der Waals surface area contributed by atoms with Crippen molar-refractivity contribution in [3.8, 4) is 5.75 Å². The maximum atomic E-state index is 13.6. The normalized spacial score (nSPS) is 11.4. The second-order valence-corrected chi connectivity index (χ2v) is 7.39. The zero-order chi connectivity index (χ0) is 19.3. The number of sulfonamides is 1. The third-order valence-corrected chi connectivity index (χ3v) is 5.31. The molecule has 26 heavy (non-hydrogen) atoms. The van der Waals surface area contributed by atoms with Crippen LogP contribution < -0.4 is 4.74 Å². The van der Waals surface area contributed by atoms with E-state index in [9.17, 15) is 22.0 Å². The minimum atomic E-state index is -3.96. The number of nitrogens with zero attached hydrogens (tertiary/aromatic N) is 1. The van der Waals surface area contributed by atoms with Gasteiger partial charge in [-0.25, -0.2) is 17.2 Å². The number of carbonyl (C=O) groups excluding carboxylic acids is 1. The van der Waals surface area contributed by atoms with E-state index in [0.717, 1.165) is 34.6 Å². The predicted molar refractivity (Wildman–Crippen MR) is 89.0 cm³/mol. The summed E-state index contributed by atoms with van der Waals surface area (Å²) in [7, 11) is -1.43. The van der Waals surface area contributed by atoms with Gasteiger partial charge in [0.05, 0.1) is 12.0 Å². The minimum absolute atomic E-state index is 0.0604. The van der Waals surface area contributed by atoms with E-state index < -0.39 is 34.2 Å². The Morgan fingerprint density at radius 2 is 1.77 bits per heavy atom. The van der Waals surface area contributed by atoms with Gasteiger partial charge in [0, 0.05) is 7.05 Å². The van der Waals surface area contributed by atoms with Crippen LogP contribution in [0, 0.1) is 11.6 Å². The number of carbonyl (C=O) groups is 1. The first-order valence-electron chi connectivity index (χ1n) is 7.44. The second kappa shape index (κ2) is 8.24. The Hall–Kier alpha value is -2.52. The van der Waals surface area contributed by atoms with Gasteiger partial charge in [-0.2, -0.15) is 4.31 Å². The summed E-state index contributed by atoms with van der Waals surface area (Å²) in [6.07, 6.45) is 0. The van der Waals surface area contributed by atoms with E-state index in [-0.39, 0.29) is 17.3 Å². The number of ether oxygens (including phenoxy) is 2. The van der Waals surface area contributed by atoms with Crippen molar-refractivity contribution in [3.63, 3.8) is 0 Å². The van der Waals surface area contributed by atoms with E-state index in [0.29, 0.717) is 5.56 Å². The second-order valence-electron chi connectivity index (χ2n) is 5.34. The first kappa shape index (κ1) is 19.8. The van der Waals surface area contributed by atoms with E-state index in [1.807, 2.05) is 0 Å². The van der Waals surface area contributed by atoms with Gasteiger partial charge >= 0.3 is 5.97 Å². The van der Waals surface area contributed by atoms with Crippen molar-refractivity contribution in [1.29, 1.82) is 0 Å². The van der Waals surface area contributed by atoms with Crippen LogP contribution in [0.1, 0.15) is 5.56 Å². The van der Waals surface area contributed by atoms with Crippen LogP contribution in [0.4, 0.5) is 8.78 Å². The molecule has 0 spiro atoms. The topological polar surface area (TPSA) is 72.9 Å². The average Bonchev–Trinajstić information content (AvgIpc) is 2.60. The minimum Gasteiger partial charge on any atom is -0.494 e. The van der Waals surface area contributed by atoms with Gasteiger partial charge in [-0.05, 0) is 42.0 Å². The highest BCUT2D eigenvalue weighted by Gasteiger charge is 2.23. The van der Waals surface area contributed by atoms with Gasteiger partial charge in [0.15, 0.2) is 11.6 Å². The van der Waals surface area contributed by atoms with Crippen molar-refractivity contribution < 1.29 is 31.5 Å². The van der Waals surface area contributed by atoms with E-state index in [1.54, 1.807) is 0 Å². The quantitative estimate of drug-likeness (QED) is 0.684. The summed E-state index contributed by atoms with van der Waals surface area (Å²) < 4.78 is 61.6. The standard InChI is InChI=1S/C17H17F2NO5S/c1-20(26(22,23)14-6-4-13(18)5-7-14)10-17(21)25-11-12-3-8-16(24-2)15(19)9-12/h3-9H,10-11H2,1-2H3. The van der Waals surface area contributed by atoms with Gasteiger partial charge in [0.1, 0.15) is 19.0 Å². The lowest BCUT2D eigenvalue weighted by atomic mass is 10.2. The number of likely N-dealkylation sites (N-methyl/N-ethyl adjacent to an activating group) is 1. The molecule has 0 saturated carbocycles. The molecule has 9 heteroatoms. The summed E-state index contributed by atoms with van der Waals surface area (Å²) in [5, 5.41) is 0. The highest BCUT2D eigenvalue weighted by molar-refractivity contribution is 7.89. The summed E-state index contributed by atoms with van der Waals surface area (Å²) in [4.78, 5) is 11.7. The smallest absolute Gasteiger partial charge is 0.321 e. The molecule has 2 rings (SSSR count). The molecule has 0 N–H and O–H groups in total. The van der Waals surface area contributed by atoms with Gasteiger partial charge in [-0.3, -0.25) is 4.79 Å².